The summed E-state index contributed by atoms with van der Waals surface area (Å²) in [4.78, 5) is 26.9. The molecule has 4 bridgehead atoms. The van der Waals surface area contributed by atoms with Crippen molar-refractivity contribution in [3.8, 4) is 0 Å². The highest BCUT2D eigenvalue weighted by Crippen LogP contribution is 2.42. The van der Waals surface area contributed by atoms with Gasteiger partial charge in [0.25, 0.3) is 0 Å². The van der Waals surface area contributed by atoms with Crippen molar-refractivity contribution in [3.63, 3.8) is 0 Å². The lowest BCUT2D eigenvalue weighted by atomic mass is 9.72. The molecule has 2 aromatic rings. The highest BCUT2D eigenvalue weighted by atomic mass is 32.1. The second kappa shape index (κ2) is 5.39. The van der Waals surface area contributed by atoms with Gasteiger partial charge in [-0.1, -0.05) is 18.2 Å². The fourth-order valence-electron chi connectivity index (χ4n) is 4.77. The molecule has 4 fully saturated rings. The zero-order chi connectivity index (χ0) is 16.3. The lowest BCUT2D eigenvalue weighted by Gasteiger charge is -2.54. The van der Waals surface area contributed by atoms with Crippen LogP contribution in [-0.4, -0.2) is 41.4 Å². The Morgan fingerprint density at radius 2 is 1.88 bits per heavy atom. The predicted molar refractivity (Wildman–Crippen MR) is 92.3 cm³/mol. The molecule has 4 nitrogen and oxygen atoms in total. The Morgan fingerprint density at radius 3 is 2.62 bits per heavy atom. The second-order valence-corrected chi connectivity index (χ2v) is 8.17. The number of thiophene rings is 1. The van der Waals surface area contributed by atoms with E-state index in [1.54, 1.807) is 11.3 Å². The van der Waals surface area contributed by atoms with Crippen molar-refractivity contribution in [2.45, 2.75) is 43.9 Å². The molecule has 4 aliphatic rings. The number of carbonyl (C=O) groups is 2. The maximum Gasteiger partial charge on any atom is 0.339 e. The Balaban J connectivity index is 1.33. The van der Waals surface area contributed by atoms with E-state index in [2.05, 4.69) is 4.90 Å². The fourth-order valence-corrected chi connectivity index (χ4v) is 5.70. The first-order valence-electron chi connectivity index (χ1n) is 8.64. The van der Waals surface area contributed by atoms with E-state index in [1.165, 1.54) is 0 Å². The van der Waals surface area contributed by atoms with Crippen LogP contribution in [0.3, 0.4) is 0 Å². The number of nitrogens with zero attached hydrogens (tertiary/aromatic N) is 1. The number of hydrogen-bond donors (Lipinski definition) is 0. The summed E-state index contributed by atoms with van der Waals surface area (Å²) in [6, 6.07) is 8.78. The highest BCUT2D eigenvalue weighted by molar-refractivity contribution is 7.17. The third-order valence-corrected chi connectivity index (χ3v) is 6.85. The molecular formula is C19H19NO3S. The Kier molecular flexibility index (Phi) is 3.28. The van der Waals surface area contributed by atoms with Crippen LogP contribution in [0.25, 0.3) is 10.1 Å². The smallest absolute Gasteiger partial charge is 0.339 e. The topological polar surface area (TPSA) is 46.6 Å². The van der Waals surface area contributed by atoms with E-state index in [9.17, 15) is 9.59 Å². The Bertz CT molecular complexity index is 813. The third kappa shape index (κ3) is 2.22. The number of ether oxygens (including phenoxy) is 1. The Morgan fingerprint density at radius 1 is 1.12 bits per heavy atom. The van der Waals surface area contributed by atoms with Crippen LogP contribution in [0.4, 0.5) is 0 Å². The summed E-state index contributed by atoms with van der Waals surface area (Å²) < 4.78 is 6.99. The number of fused-ring (bicyclic) bond motifs is 2. The van der Waals surface area contributed by atoms with Crippen molar-refractivity contribution in [1.82, 2.24) is 4.90 Å². The molecule has 1 aromatic carbocycles. The summed E-state index contributed by atoms with van der Waals surface area (Å²) in [6.07, 6.45) is 3.62. The van der Waals surface area contributed by atoms with Gasteiger partial charge >= 0.3 is 5.97 Å². The molecule has 2 unspecified atom stereocenters. The van der Waals surface area contributed by atoms with Crippen molar-refractivity contribution < 1.29 is 14.3 Å². The quantitative estimate of drug-likeness (QED) is 0.787. The number of rotatable bonds is 2. The maximum atomic E-state index is 12.6. The molecule has 24 heavy (non-hydrogen) atoms. The minimum absolute atomic E-state index is 0.0171. The van der Waals surface area contributed by atoms with E-state index in [4.69, 9.17) is 4.74 Å². The highest BCUT2D eigenvalue weighted by Gasteiger charge is 2.49. The summed E-state index contributed by atoms with van der Waals surface area (Å²) in [5.74, 6) is 0.457. The molecule has 0 spiro atoms. The molecule has 0 saturated carbocycles. The van der Waals surface area contributed by atoms with Crippen LogP contribution in [0.2, 0.25) is 0 Å². The molecule has 4 saturated heterocycles. The molecule has 5 heteroatoms. The first-order valence-corrected chi connectivity index (χ1v) is 9.52. The number of benzene rings is 1. The lowest BCUT2D eigenvalue weighted by Crippen LogP contribution is -2.63. The van der Waals surface area contributed by atoms with Crippen molar-refractivity contribution in [2.75, 3.05) is 6.54 Å². The van der Waals surface area contributed by atoms with Gasteiger partial charge in [0, 0.05) is 46.3 Å². The summed E-state index contributed by atoms with van der Waals surface area (Å²) in [7, 11) is 0. The van der Waals surface area contributed by atoms with Crippen LogP contribution in [0.5, 0.6) is 0 Å². The van der Waals surface area contributed by atoms with Gasteiger partial charge in [-0.05, 0) is 18.9 Å². The third-order valence-electron chi connectivity index (χ3n) is 5.89. The van der Waals surface area contributed by atoms with E-state index in [-0.39, 0.29) is 18.0 Å². The summed E-state index contributed by atoms with van der Waals surface area (Å²) in [5.41, 5.74) is 0.684. The summed E-state index contributed by atoms with van der Waals surface area (Å²) in [5, 5.41) is 2.89. The van der Waals surface area contributed by atoms with E-state index in [0.29, 0.717) is 30.0 Å². The van der Waals surface area contributed by atoms with Gasteiger partial charge in [0.2, 0.25) is 0 Å². The first-order chi connectivity index (χ1) is 11.7. The number of piperidine rings is 4. The van der Waals surface area contributed by atoms with Crippen LogP contribution in [0.1, 0.15) is 36.0 Å². The largest absolute Gasteiger partial charge is 0.459 e. The van der Waals surface area contributed by atoms with E-state index in [1.807, 2.05) is 29.6 Å². The summed E-state index contributed by atoms with van der Waals surface area (Å²) in [6.45, 7) is 0.607. The van der Waals surface area contributed by atoms with Gasteiger partial charge in [-0.15, -0.1) is 11.3 Å². The minimum Gasteiger partial charge on any atom is -0.459 e. The fraction of sp³-hybridized carbons (Fsp3) is 0.474. The van der Waals surface area contributed by atoms with E-state index in [0.717, 1.165) is 35.8 Å². The number of ketones is 1. The monoisotopic (exact) mass is 341 g/mol. The van der Waals surface area contributed by atoms with Gasteiger partial charge < -0.3 is 4.74 Å². The van der Waals surface area contributed by atoms with Gasteiger partial charge in [-0.2, -0.15) is 0 Å². The van der Waals surface area contributed by atoms with E-state index < -0.39 is 0 Å². The molecular weight excluding hydrogens is 322 g/mol. The first kappa shape index (κ1) is 14.6. The number of Topliss-reactive ketones (excluding diaryl/α,β-unsaturated/α-hetero) is 1. The molecule has 6 rings (SSSR count). The minimum atomic E-state index is -0.200. The van der Waals surface area contributed by atoms with E-state index >= 15 is 0 Å². The number of hydrogen-bond acceptors (Lipinski definition) is 5. The van der Waals surface area contributed by atoms with Crippen molar-refractivity contribution in [2.24, 2.45) is 5.92 Å². The lowest BCUT2D eigenvalue weighted by molar-refractivity contribution is -0.145. The molecule has 0 radical (unpaired) electrons. The molecule has 1 aromatic heterocycles. The van der Waals surface area contributed by atoms with Crippen LogP contribution >= 0.6 is 11.3 Å². The zero-order valence-corrected chi connectivity index (χ0v) is 14.1. The Labute approximate surface area is 144 Å². The standard InChI is InChI=1S/C19H19NO3S/c21-17-9-20-12-5-11(17)6-13(20)8-14(7-12)23-19(22)16-10-24-18-4-2-1-3-15(16)18/h1-4,10-14H,5-9H2. The SMILES string of the molecule is O=C(OC1CC2CC3CC(C1)N2CC3=O)c1csc2ccccc12. The molecule has 124 valence electrons. The number of esters is 1. The normalized spacial score (nSPS) is 34.5. The van der Waals surface area contributed by atoms with Crippen LogP contribution in [0, 0.1) is 5.92 Å². The van der Waals surface area contributed by atoms with Crippen LogP contribution in [0.15, 0.2) is 29.6 Å². The van der Waals surface area contributed by atoms with Crippen LogP contribution in [-0.2, 0) is 9.53 Å². The molecule has 0 amide bonds. The molecule has 0 N–H and O–H groups in total. The van der Waals surface area contributed by atoms with Gasteiger partial charge in [0.15, 0.2) is 0 Å². The molecule has 4 aliphatic heterocycles. The summed E-state index contributed by atoms with van der Waals surface area (Å²) >= 11 is 1.58. The molecule has 2 atom stereocenters. The van der Waals surface area contributed by atoms with Gasteiger partial charge in [0.05, 0.1) is 12.1 Å². The van der Waals surface area contributed by atoms with Gasteiger partial charge in [0.1, 0.15) is 11.9 Å². The van der Waals surface area contributed by atoms with Crippen LogP contribution < -0.4 is 0 Å². The van der Waals surface area contributed by atoms with Crippen molar-refractivity contribution >= 4 is 33.2 Å². The zero-order valence-electron chi connectivity index (χ0n) is 13.3. The number of carbonyl (C=O) groups excluding carboxylic acids is 2. The average molecular weight is 341 g/mol. The van der Waals surface area contributed by atoms with Crippen molar-refractivity contribution in [1.29, 1.82) is 0 Å². The van der Waals surface area contributed by atoms with Crippen molar-refractivity contribution in [3.05, 3.63) is 35.2 Å². The predicted octanol–water partition coefficient (Wildman–Crippen LogP) is 3.25. The second-order valence-electron chi connectivity index (χ2n) is 7.26. The Hall–Kier alpha value is -1.72. The average Bonchev–Trinajstić information content (AvgIpc) is 2.99. The van der Waals surface area contributed by atoms with Gasteiger partial charge in [-0.3, -0.25) is 9.69 Å². The van der Waals surface area contributed by atoms with Gasteiger partial charge in [-0.25, -0.2) is 4.79 Å². The molecule has 5 heterocycles. The maximum absolute atomic E-state index is 12.6. The molecule has 0 aliphatic carbocycles.